The van der Waals surface area contributed by atoms with Crippen LogP contribution in [0.2, 0.25) is 0 Å². The van der Waals surface area contributed by atoms with Crippen LogP contribution in [-0.4, -0.2) is 99.0 Å². The van der Waals surface area contributed by atoms with Crippen LogP contribution in [0.25, 0.3) is 22.0 Å². The molecule has 0 saturated carbocycles. The molecule has 1 aliphatic rings. The minimum atomic E-state index is -1.43. The molecule has 336 valence electrons. The second-order valence-electron chi connectivity index (χ2n) is 16.2. The molecule has 16 nitrogen and oxygen atoms in total. The molecule has 5 rings (SSSR count). The first-order valence-electron chi connectivity index (χ1n) is 21.7. The molecule has 5 amide bonds. The third-order valence-corrected chi connectivity index (χ3v) is 11.3. The third-order valence-electron chi connectivity index (χ3n) is 11.3. The summed E-state index contributed by atoms with van der Waals surface area (Å²) in [6, 6.07) is 11.1. The molecule has 63 heavy (non-hydrogen) atoms. The van der Waals surface area contributed by atoms with Gasteiger partial charge in [-0.3, -0.25) is 29.0 Å². The van der Waals surface area contributed by atoms with E-state index in [2.05, 4.69) is 45.0 Å². The van der Waals surface area contributed by atoms with Gasteiger partial charge in [0, 0.05) is 49.1 Å². The number of amides is 5. The molecule has 4 bridgehead atoms. The Morgan fingerprint density at radius 1 is 0.889 bits per heavy atom. The van der Waals surface area contributed by atoms with E-state index in [0.717, 1.165) is 28.6 Å². The van der Waals surface area contributed by atoms with Gasteiger partial charge in [-0.15, -0.1) is 0 Å². The van der Waals surface area contributed by atoms with Crippen molar-refractivity contribution in [2.75, 3.05) is 20.1 Å². The Morgan fingerprint density at radius 3 is 2.35 bits per heavy atom. The van der Waals surface area contributed by atoms with Crippen molar-refractivity contribution in [2.45, 2.75) is 109 Å². The number of aliphatic carboxylic acids is 1. The highest BCUT2D eigenvalue weighted by Crippen LogP contribution is 2.39. The van der Waals surface area contributed by atoms with Crippen LogP contribution in [0.3, 0.4) is 0 Å². The zero-order chi connectivity index (χ0) is 45.6. The molecule has 1 aromatic heterocycles. The predicted octanol–water partition coefficient (Wildman–Crippen LogP) is 3.67. The van der Waals surface area contributed by atoms with Gasteiger partial charge in [0.1, 0.15) is 35.7 Å². The van der Waals surface area contributed by atoms with Crippen molar-refractivity contribution >= 4 is 46.4 Å². The number of likely N-dealkylation sites (N-methyl/N-ethyl adjacent to an activating group) is 1. The number of aromatic nitrogens is 1. The highest BCUT2D eigenvalue weighted by molar-refractivity contribution is 5.98. The molecule has 2 heterocycles. The number of unbranched alkanes of at least 4 members (excludes halogenated alkanes) is 5. The maximum atomic E-state index is 14.4. The number of rotatable bonds is 18. The van der Waals surface area contributed by atoms with Gasteiger partial charge in [0.15, 0.2) is 0 Å². The molecule has 0 saturated heterocycles. The molecule has 0 aliphatic carbocycles. The number of carbonyl (C=O) groups excluding carboxylic acids is 5. The Labute approximate surface area is 367 Å². The largest absolute Gasteiger partial charge is 0.507 e. The second-order valence-corrected chi connectivity index (χ2v) is 16.2. The Morgan fingerprint density at radius 2 is 1.62 bits per heavy atom. The Bertz CT molecular complexity index is 2300. The van der Waals surface area contributed by atoms with Gasteiger partial charge in [-0.05, 0) is 92.1 Å². The lowest BCUT2D eigenvalue weighted by Crippen LogP contribution is -2.55. The van der Waals surface area contributed by atoms with Gasteiger partial charge >= 0.3 is 5.97 Å². The van der Waals surface area contributed by atoms with E-state index in [9.17, 15) is 44.1 Å². The van der Waals surface area contributed by atoms with Crippen molar-refractivity contribution in [1.29, 1.82) is 0 Å². The van der Waals surface area contributed by atoms with E-state index in [1.807, 2.05) is 12.1 Å². The zero-order valence-corrected chi connectivity index (χ0v) is 36.2. The summed E-state index contributed by atoms with van der Waals surface area (Å²) in [6.45, 7) is 4.12. The Hall–Kier alpha value is -6.55. The van der Waals surface area contributed by atoms with E-state index in [1.54, 1.807) is 6.07 Å². The maximum absolute atomic E-state index is 14.4. The number of phenolic OH excluding ortho intramolecular Hbond substituents is 2. The van der Waals surface area contributed by atoms with Crippen molar-refractivity contribution < 1.29 is 49.8 Å². The van der Waals surface area contributed by atoms with E-state index in [0.29, 0.717) is 30.5 Å². The number of carbonyl (C=O) groups is 6. The number of carboxylic acids is 1. The average Bonchev–Trinajstić information content (AvgIpc) is 3.26. The van der Waals surface area contributed by atoms with Crippen molar-refractivity contribution in [3.05, 3.63) is 89.1 Å². The van der Waals surface area contributed by atoms with E-state index in [4.69, 9.17) is 0 Å². The summed E-state index contributed by atoms with van der Waals surface area (Å²) in [6.07, 6.45) is 9.49. The predicted molar refractivity (Wildman–Crippen MR) is 236 cm³/mol. The van der Waals surface area contributed by atoms with Crippen molar-refractivity contribution in [3.63, 3.8) is 0 Å². The zero-order valence-electron chi connectivity index (χ0n) is 36.2. The molecule has 10 N–H and O–H groups in total. The van der Waals surface area contributed by atoms with Gasteiger partial charge in [0.05, 0.1) is 17.6 Å². The highest BCUT2D eigenvalue weighted by Gasteiger charge is 2.36. The molecule has 1 aliphatic heterocycles. The SMILES string of the molecule is CCCCCCCc1ccc2cc(C(=O)NCCC(=O)N[C@@H](CCCC[NH3+])C(=O)N(C)[C@@H]3C(=O)N[C@@H](C)C(=O)N[C@H](C(=O)O)Cc4ccc(O)c(c4)-c4cc3ccc4O)cnc2c1. The number of nitrogens with zero attached hydrogens (tertiary/aromatic N) is 2. The number of aryl methyl sites for hydroxylation is 1. The quantitative estimate of drug-likeness (QED) is 0.0674. The number of nitrogens with one attached hydrogen (secondary N) is 4. The van der Waals surface area contributed by atoms with Gasteiger partial charge in [-0.25, -0.2) is 4.79 Å². The van der Waals surface area contributed by atoms with Gasteiger partial charge in [-0.2, -0.15) is 0 Å². The molecule has 16 heteroatoms. The van der Waals surface area contributed by atoms with E-state index >= 15 is 0 Å². The molecule has 4 aromatic rings. The number of aromatic hydroxyl groups is 2. The van der Waals surface area contributed by atoms with Crippen LogP contribution in [0.5, 0.6) is 11.5 Å². The van der Waals surface area contributed by atoms with Crippen LogP contribution >= 0.6 is 0 Å². The normalized spacial score (nSPS) is 16.9. The summed E-state index contributed by atoms with van der Waals surface area (Å²) in [4.78, 5) is 86.1. The summed E-state index contributed by atoms with van der Waals surface area (Å²) in [7, 11) is 1.37. The molecule has 0 radical (unpaired) electrons. The number of carboxylic acid groups (broad SMARTS) is 1. The summed E-state index contributed by atoms with van der Waals surface area (Å²) in [5, 5.41) is 43.2. The average molecular weight is 867 g/mol. The van der Waals surface area contributed by atoms with Crippen LogP contribution in [0.15, 0.2) is 66.9 Å². The standard InChI is InChI=1S/C47H59N7O9/c1-4-5-6-7-8-11-29-13-15-31-25-33(27-50-37(31)23-29)44(59)49-21-19-41(57)52-36(12-9-10-20-48)46(61)54(3)42-32-16-18-40(56)35(26-32)34-22-30(14-17-39(34)55)24-38(47(62)63)53-43(58)28(2)51-45(42)60/h13-18,22-23,25-28,36,38,42,55-56H,4-12,19-21,24,48H2,1-3H3,(H,49,59)(H,51,60)(H,52,57)(H,53,58)(H,62,63)/p+1/t28-,36-,38-,42-/m0/s1. The van der Waals surface area contributed by atoms with Gasteiger partial charge in [0.2, 0.25) is 23.6 Å². The molecule has 3 aromatic carbocycles. The van der Waals surface area contributed by atoms with E-state index in [-0.39, 0.29) is 54.0 Å². The van der Waals surface area contributed by atoms with Crippen LogP contribution in [-0.2, 0) is 36.8 Å². The third kappa shape index (κ3) is 12.8. The number of pyridine rings is 1. The fourth-order valence-electron chi connectivity index (χ4n) is 7.70. The lowest BCUT2D eigenvalue weighted by molar-refractivity contribution is -0.368. The number of benzene rings is 3. The first-order chi connectivity index (χ1) is 30.2. The number of hydrogen-bond donors (Lipinski definition) is 8. The summed E-state index contributed by atoms with van der Waals surface area (Å²) >= 11 is 0. The fourth-order valence-corrected chi connectivity index (χ4v) is 7.70. The first kappa shape index (κ1) is 47.5. The number of phenols is 2. The van der Waals surface area contributed by atoms with Crippen LogP contribution < -0.4 is 27.0 Å². The van der Waals surface area contributed by atoms with Gasteiger partial charge < -0.3 is 47.2 Å². The van der Waals surface area contributed by atoms with Crippen LogP contribution in [0.1, 0.15) is 105 Å². The lowest BCUT2D eigenvalue weighted by atomic mass is 9.93. The minimum absolute atomic E-state index is 0.0344. The molecular weight excluding hydrogens is 807 g/mol. The van der Waals surface area contributed by atoms with Crippen LogP contribution in [0.4, 0.5) is 0 Å². The Kier molecular flexibility index (Phi) is 17.0. The van der Waals surface area contributed by atoms with E-state index < -0.39 is 59.7 Å². The summed E-state index contributed by atoms with van der Waals surface area (Å²) in [5.41, 5.74) is 7.08. The number of quaternary nitrogens is 1. The molecule has 4 atom stereocenters. The van der Waals surface area contributed by atoms with Crippen LogP contribution in [0, 0.1) is 0 Å². The first-order valence-corrected chi connectivity index (χ1v) is 21.7. The smallest absolute Gasteiger partial charge is 0.326 e. The van der Waals surface area contributed by atoms with E-state index in [1.165, 1.54) is 87.8 Å². The fraction of sp³-hybridized carbons (Fsp3) is 0.426. The van der Waals surface area contributed by atoms with Crippen molar-refractivity contribution in [2.24, 2.45) is 0 Å². The van der Waals surface area contributed by atoms with Gasteiger partial charge in [0.25, 0.3) is 5.91 Å². The topological polar surface area (TPSA) is 255 Å². The minimum Gasteiger partial charge on any atom is -0.507 e. The molecular formula is C47H60N7O9+. The summed E-state index contributed by atoms with van der Waals surface area (Å²) in [5.74, 6) is -5.00. The highest BCUT2D eigenvalue weighted by atomic mass is 16.4. The number of hydrogen-bond acceptors (Lipinski definition) is 9. The maximum Gasteiger partial charge on any atom is 0.326 e. The lowest BCUT2D eigenvalue weighted by Gasteiger charge is -2.32. The van der Waals surface area contributed by atoms with Crippen molar-refractivity contribution in [3.8, 4) is 22.6 Å². The molecule has 0 fully saturated rings. The second kappa shape index (κ2) is 22.5. The van der Waals surface area contributed by atoms with Crippen molar-refractivity contribution in [1.82, 2.24) is 31.2 Å². The van der Waals surface area contributed by atoms with Gasteiger partial charge in [-0.1, -0.05) is 56.9 Å². The Balaban J connectivity index is 1.31. The molecule has 0 unspecified atom stereocenters. The number of fused-ring (bicyclic) bond motifs is 6. The summed E-state index contributed by atoms with van der Waals surface area (Å²) < 4.78 is 0. The molecule has 0 spiro atoms. The monoisotopic (exact) mass is 866 g/mol.